The topological polar surface area (TPSA) is 66.5 Å². The number of nitrogens with one attached hydrogen (secondary N) is 1. The van der Waals surface area contributed by atoms with Crippen molar-refractivity contribution in [3.8, 4) is 0 Å². The maximum Gasteiger partial charge on any atom is 0.264 e. The molecule has 1 atom stereocenters. The number of anilines is 1. The first-order valence-electron chi connectivity index (χ1n) is 10.7. The Morgan fingerprint density at radius 3 is 2.06 bits per heavy atom. The summed E-state index contributed by atoms with van der Waals surface area (Å²) in [5, 5.41) is 3.40. The molecule has 0 aliphatic carbocycles. The van der Waals surface area contributed by atoms with Gasteiger partial charge in [-0.05, 0) is 59.9 Å². The minimum absolute atomic E-state index is 0.0376. The summed E-state index contributed by atoms with van der Waals surface area (Å²) in [5.41, 5.74) is 2.55. The highest BCUT2D eigenvalue weighted by molar-refractivity contribution is 7.92. The molecule has 0 spiro atoms. The zero-order valence-corrected chi connectivity index (χ0v) is 20.8. The van der Waals surface area contributed by atoms with Gasteiger partial charge in [-0.1, -0.05) is 74.8 Å². The smallest absolute Gasteiger partial charge is 0.264 e. The van der Waals surface area contributed by atoms with E-state index in [-0.39, 0.29) is 22.9 Å². The summed E-state index contributed by atoms with van der Waals surface area (Å²) in [6.45, 7) is 7.95. The number of carbonyl (C=O) groups excluding carboxylic acids is 1. The summed E-state index contributed by atoms with van der Waals surface area (Å²) in [6.07, 6.45) is 0. The Kier molecular flexibility index (Phi) is 7.50. The van der Waals surface area contributed by atoms with E-state index >= 15 is 0 Å². The molecule has 5 nitrogen and oxygen atoms in total. The molecule has 174 valence electrons. The van der Waals surface area contributed by atoms with Crippen LogP contribution in [-0.2, 0) is 20.2 Å². The van der Waals surface area contributed by atoms with Crippen molar-refractivity contribution in [3.63, 3.8) is 0 Å². The molecular formula is C26H29ClN2O3S. The Hall–Kier alpha value is -2.83. The molecule has 0 unspecified atom stereocenters. The molecule has 3 rings (SSSR count). The second-order valence-electron chi connectivity index (χ2n) is 8.96. The Morgan fingerprint density at radius 1 is 0.939 bits per heavy atom. The third-order valence-corrected chi connectivity index (χ3v) is 7.43. The first-order valence-corrected chi connectivity index (χ1v) is 12.5. The van der Waals surface area contributed by atoms with Crippen molar-refractivity contribution >= 4 is 33.2 Å². The maximum absolute atomic E-state index is 13.4. The molecule has 0 aromatic heterocycles. The fourth-order valence-corrected chi connectivity index (χ4v) is 4.98. The third kappa shape index (κ3) is 6.15. The Labute approximate surface area is 201 Å². The van der Waals surface area contributed by atoms with Crippen LogP contribution >= 0.6 is 11.6 Å². The monoisotopic (exact) mass is 484 g/mol. The molecule has 1 amide bonds. The van der Waals surface area contributed by atoms with Crippen LogP contribution < -0.4 is 9.62 Å². The number of sulfonamides is 1. The van der Waals surface area contributed by atoms with Crippen LogP contribution in [0.3, 0.4) is 0 Å². The molecule has 7 heteroatoms. The largest absolute Gasteiger partial charge is 0.348 e. The number of hydrogen-bond donors (Lipinski definition) is 1. The standard InChI is InChI=1S/C26H29ClN2O3S/c1-19(20-10-12-21(13-11-20)26(2,3)4)28-25(30)18-29(23-16-14-22(27)15-17-23)33(31,32)24-8-6-5-7-9-24/h5-17,19H,18H2,1-4H3,(H,28,30)/t19-/m1/s1. The lowest BCUT2D eigenvalue weighted by Crippen LogP contribution is -2.41. The molecule has 0 heterocycles. The Bertz CT molecular complexity index is 1190. The summed E-state index contributed by atoms with van der Waals surface area (Å²) in [7, 11) is -3.96. The van der Waals surface area contributed by atoms with Crippen molar-refractivity contribution < 1.29 is 13.2 Å². The van der Waals surface area contributed by atoms with Crippen LogP contribution in [0.4, 0.5) is 5.69 Å². The SMILES string of the molecule is C[C@@H](NC(=O)CN(c1ccc(Cl)cc1)S(=O)(=O)c1ccccc1)c1ccc(C(C)(C)C)cc1. The van der Waals surface area contributed by atoms with Crippen LogP contribution in [-0.4, -0.2) is 20.9 Å². The second kappa shape index (κ2) is 9.98. The molecule has 0 aliphatic heterocycles. The fraction of sp³-hybridized carbons (Fsp3) is 0.269. The lowest BCUT2D eigenvalue weighted by molar-refractivity contribution is -0.120. The van der Waals surface area contributed by atoms with E-state index < -0.39 is 15.9 Å². The lowest BCUT2D eigenvalue weighted by Gasteiger charge is -2.25. The molecule has 0 saturated carbocycles. The highest BCUT2D eigenvalue weighted by atomic mass is 35.5. The lowest BCUT2D eigenvalue weighted by atomic mass is 9.86. The van der Waals surface area contributed by atoms with E-state index in [2.05, 4.69) is 38.2 Å². The van der Waals surface area contributed by atoms with Crippen molar-refractivity contribution in [1.29, 1.82) is 0 Å². The van der Waals surface area contributed by atoms with Gasteiger partial charge >= 0.3 is 0 Å². The molecule has 33 heavy (non-hydrogen) atoms. The number of amides is 1. The van der Waals surface area contributed by atoms with Gasteiger partial charge in [0.05, 0.1) is 16.6 Å². The minimum Gasteiger partial charge on any atom is -0.348 e. The molecule has 0 aliphatic rings. The molecule has 3 aromatic rings. The van der Waals surface area contributed by atoms with E-state index in [1.54, 1.807) is 42.5 Å². The van der Waals surface area contributed by atoms with Crippen LogP contribution in [0.1, 0.15) is 44.9 Å². The van der Waals surface area contributed by atoms with Gasteiger partial charge in [0.15, 0.2) is 0 Å². The molecule has 3 aromatic carbocycles. The van der Waals surface area contributed by atoms with E-state index in [9.17, 15) is 13.2 Å². The van der Waals surface area contributed by atoms with Crippen LogP contribution in [0.2, 0.25) is 5.02 Å². The predicted molar refractivity (Wildman–Crippen MR) is 134 cm³/mol. The van der Waals surface area contributed by atoms with Crippen molar-refractivity contribution in [1.82, 2.24) is 5.32 Å². The van der Waals surface area contributed by atoms with Crippen LogP contribution in [0.25, 0.3) is 0 Å². The number of halogens is 1. The van der Waals surface area contributed by atoms with Crippen molar-refractivity contribution in [2.75, 3.05) is 10.8 Å². The molecule has 0 radical (unpaired) electrons. The summed E-state index contributed by atoms with van der Waals surface area (Å²) in [6, 6.07) is 22.2. The van der Waals surface area contributed by atoms with Gasteiger partial charge in [-0.25, -0.2) is 8.42 Å². The van der Waals surface area contributed by atoms with Crippen molar-refractivity contribution in [2.24, 2.45) is 0 Å². The first kappa shape index (κ1) is 24.8. The third-order valence-electron chi connectivity index (χ3n) is 5.39. The average Bonchev–Trinajstić information content (AvgIpc) is 2.78. The number of benzene rings is 3. The van der Waals surface area contributed by atoms with E-state index in [0.29, 0.717) is 10.7 Å². The van der Waals surface area contributed by atoms with Gasteiger partial charge in [0.2, 0.25) is 5.91 Å². The summed E-state index contributed by atoms with van der Waals surface area (Å²) in [5.74, 6) is -0.406. The average molecular weight is 485 g/mol. The van der Waals surface area contributed by atoms with Gasteiger partial charge in [-0.15, -0.1) is 0 Å². The summed E-state index contributed by atoms with van der Waals surface area (Å²) in [4.78, 5) is 13.0. The summed E-state index contributed by atoms with van der Waals surface area (Å²) >= 11 is 5.98. The van der Waals surface area contributed by atoms with Gasteiger partial charge < -0.3 is 5.32 Å². The van der Waals surface area contributed by atoms with Gasteiger partial charge in [0, 0.05) is 5.02 Å². The molecular weight excluding hydrogens is 456 g/mol. The van der Waals surface area contributed by atoms with E-state index in [4.69, 9.17) is 11.6 Å². The molecule has 0 saturated heterocycles. The predicted octanol–water partition coefficient (Wildman–Crippen LogP) is 5.71. The fourth-order valence-electron chi connectivity index (χ4n) is 3.41. The van der Waals surface area contributed by atoms with Gasteiger partial charge in [-0.3, -0.25) is 9.10 Å². The number of carbonyl (C=O) groups is 1. The number of hydrogen-bond acceptors (Lipinski definition) is 3. The minimum atomic E-state index is -3.96. The quantitative estimate of drug-likeness (QED) is 0.467. The molecule has 1 N–H and O–H groups in total. The molecule has 0 fully saturated rings. The Morgan fingerprint density at radius 2 is 1.52 bits per heavy atom. The highest BCUT2D eigenvalue weighted by Gasteiger charge is 2.27. The van der Waals surface area contributed by atoms with E-state index in [0.717, 1.165) is 9.87 Å². The zero-order chi connectivity index (χ0) is 24.2. The van der Waals surface area contributed by atoms with Gasteiger partial charge in [-0.2, -0.15) is 0 Å². The highest BCUT2D eigenvalue weighted by Crippen LogP contribution is 2.26. The maximum atomic E-state index is 13.4. The first-order chi connectivity index (χ1) is 15.5. The Balaban J connectivity index is 1.82. The second-order valence-corrected chi connectivity index (χ2v) is 11.3. The van der Waals surface area contributed by atoms with E-state index in [1.165, 1.54) is 17.7 Å². The number of nitrogens with zero attached hydrogens (tertiary/aromatic N) is 1. The van der Waals surface area contributed by atoms with Gasteiger partial charge in [0.25, 0.3) is 10.0 Å². The van der Waals surface area contributed by atoms with Crippen LogP contribution in [0.5, 0.6) is 0 Å². The van der Waals surface area contributed by atoms with Gasteiger partial charge in [0.1, 0.15) is 6.54 Å². The summed E-state index contributed by atoms with van der Waals surface area (Å²) < 4.78 is 27.8. The van der Waals surface area contributed by atoms with Crippen LogP contribution in [0, 0.1) is 0 Å². The van der Waals surface area contributed by atoms with Crippen LogP contribution in [0.15, 0.2) is 83.8 Å². The number of rotatable bonds is 7. The molecule has 0 bridgehead atoms. The van der Waals surface area contributed by atoms with E-state index in [1.807, 2.05) is 19.1 Å². The zero-order valence-electron chi connectivity index (χ0n) is 19.2. The van der Waals surface area contributed by atoms with Crippen molar-refractivity contribution in [3.05, 3.63) is 95.0 Å². The normalized spacial score (nSPS) is 12.8. The van der Waals surface area contributed by atoms with Crippen molar-refractivity contribution in [2.45, 2.75) is 44.0 Å².